The van der Waals surface area contributed by atoms with Gasteiger partial charge in [-0.2, -0.15) is 0 Å². The van der Waals surface area contributed by atoms with Crippen molar-refractivity contribution in [3.8, 4) is 0 Å². The number of rotatable bonds is 5. The molecule has 8 nitrogen and oxygen atoms in total. The summed E-state index contributed by atoms with van der Waals surface area (Å²) in [7, 11) is -2.98. The molecule has 0 fully saturated rings. The molecule has 1 heterocycles. The fourth-order valence-corrected chi connectivity index (χ4v) is 3.66. The molecule has 0 aliphatic heterocycles. The molecule has 3 aromatic rings. The van der Waals surface area contributed by atoms with Gasteiger partial charge in [0.15, 0.2) is 0 Å². The van der Waals surface area contributed by atoms with Crippen molar-refractivity contribution in [3.63, 3.8) is 0 Å². The minimum Gasteiger partial charge on any atom is -0.452 e. The van der Waals surface area contributed by atoms with Crippen LogP contribution in [0.25, 0.3) is 10.9 Å². The first-order valence-corrected chi connectivity index (χ1v) is 9.90. The summed E-state index contributed by atoms with van der Waals surface area (Å²) < 4.78 is 31.7. The van der Waals surface area contributed by atoms with Crippen LogP contribution in [-0.4, -0.2) is 32.1 Å². The van der Waals surface area contributed by atoms with E-state index in [1.807, 2.05) is 12.1 Å². The van der Waals surface area contributed by atoms with E-state index in [9.17, 15) is 18.0 Å². The molecule has 0 saturated carbocycles. The lowest BCUT2D eigenvalue weighted by Crippen LogP contribution is -2.30. The number of hydrogen-bond acceptors (Lipinski definition) is 5. The van der Waals surface area contributed by atoms with E-state index in [-0.39, 0.29) is 20.2 Å². The second-order valence-electron chi connectivity index (χ2n) is 5.82. The summed E-state index contributed by atoms with van der Waals surface area (Å²) in [5.74, 6) is -0.291. The topological polar surface area (TPSA) is 106 Å². The van der Waals surface area contributed by atoms with Gasteiger partial charge < -0.3 is 14.6 Å². The van der Waals surface area contributed by atoms with Gasteiger partial charge in [-0.05, 0) is 47.9 Å². The highest BCUT2D eigenvalue weighted by atomic mass is 35.5. The van der Waals surface area contributed by atoms with E-state index in [1.165, 1.54) is 24.3 Å². The molecule has 0 radical (unpaired) electrons. The number of ether oxygens (including phenoxy) is 1. The third-order valence-corrected chi connectivity index (χ3v) is 5.46. The van der Waals surface area contributed by atoms with Crippen molar-refractivity contribution < 1.29 is 25.6 Å². The number of carbonyl (C=O) groups excluding carboxylic acids is 2. The minimum atomic E-state index is -4.04. The smallest absolute Gasteiger partial charge is 0.420 e. The van der Waals surface area contributed by atoms with Gasteiger partial charge in [0.2, 0.25) is 5.91 Å². The summed E-state index contributed by atoms with van der Waals surface area (Å²) in [5, 5.41) is 4.23. The molecule has 0 spiro atoms. The van der Waals surface area contributed by atoms with E-state index < -0.39 is 16.1 Å². The Bertz CT molecular complexity index is 1150. The van der Waals surface area contributed by atoms with Gasteiger partial charge in [-0.1, -0.05) is 17.7 Å². The molecule has 0 bridgehead atoms. The second kappa shape index (κ2) is 7.91. The zero-order chi connectivity index (χ0) is 20.3. The number of nitrogens with zero attached hydrogens (tertiary/aromatic N) is 1. The largest absolute Gasteiger partial charge is 0.452 e. The van der Waals surface area contributed by atoms with E-state index in [4.69, 9.17) is 11.6 Å². The van der Waals surface area contributed by atoms with Crippen LogP contribution >= 0.6 is 11.6 Å². The molecular formula is C18H20ClN3O5S. The maximum Gasteiger partial charge on any atom is 0.420 e. The summed E-state index contributed by atoms with van der Waals surface area (Å²) in [4.78, 5) is 23.3. The highest BCUT2D eigenvalue weighted by Crippen LogP contribution is 2.21. The Kier molecular flexibility index (Phi) is 5.57. The standard InChI is InChI=1S/C18H16ClN3O5S.2H2/c1-27-18(24)21-28(25,26)15-6-4-14(5-7-15)20-17(23)11-22-9-8-12-2-3-13(19)10-16(12)22;;/h2-10H,11H2,1H3,(H,20,23)(H,21,24);2*1H. The molecule has 0 unspecified atom stereocenters. The number of carbonyl (C=O) groups is 2. The number of halogens is 1. The predicted octanol–water partition coefficient (Wildman–Crippen LogP) is 3.47. The van der Waals surface area contributed by atoms with Crippen LogP contribution in [0.4, 0.5) is 10.5 Å². The van der Waals surface area contributed by atoms with Crippen LogP contribution in [0.1, 0.15) is 2.85 Å². The molecule has 0 atom stereocenters. The lowest BCUT2D eigenvalue weighted by Gasteiger charge is -2.09. The predicted molar refractivity (Wildman–Crippen MR) is 109 cm³/mol. The number of methoxy groups -OCH3 is 1. The molecule has 150 valence electrons. The number of aromatic nitrogens is 1. The zero-order valence-corrected chi connectivity index (χ0v) is 16.3. The van der Waals surface area contributed by atoms with Gasteiger partial charge >= 0.3 is 6.09 Å². The first-order chi connectivity index (χ1) is 13.3. The van der Waals surface area contributed by atoms with Crippen LogP contribution in [0.15, 0.2) is 59.6 Å². The molecule has 2 aromatic carbocycles. The van der Waals surface area contributed by atoms with Gasteiger partial charge in [-0.3, -0.25) is 4.79 Å². The maximum absolute atomic E-state index is 12.3. The third kappa shape index (κ3) is 4.44. The quantitative estimate of drug-likeness (QED) is 0.650. The summed E-state index contributed by atoms with van der Waals surface area (Å²) in [6, 6.07) is 12.7. The number of fused-ring (bicyclic) bond motifs is 1. The number of benzene rings is 2. The summed E-state index contributed by atoms with van der Waals surface area (Å²) in [6.07, 6.45) is 0.700. The fourth-order valence-electron chi connectivity index (χ4n) is 2.58. The van der Waals surface area contributed by atoms with Crippen molar-refractivity contribution in [3.05, 3.63) is 59.8 Å². The van der Waals surface area contributed by atoms with Gasteiger partial charge in [-0.25, -0.2) is 17.9 Å². The first kappa shape index (κ1) is 19.7. The Balaban J connectivity index is 0.00000225. The third-order valence-electron chi connectivity index (χ3n) is 3.90. The first-order valence-electron chi connectivity index (χ1n) is 8.03. The monoisotopic (exact) mass is 425 g/mol. The van der Waals surface area contributed by atoms with Crippen molar-refractivity contribution in [2.45, 2.75) is 11.4 Å². The van der Waals surface area contributed by atoms with E-state index in [0.717, 1.165) is 18.0 Å². The van der Waals surface area contributed by atoms with Crippen LogP contribution in [0.2, 0.25) is 5.02 Å². The summed E-state index contributed by atoms with van der Waals surface area (Å²) in [5.41, 5.74) is 1.24. The van der Waals surface area contributed by atoms with Crippen molar-refractivity contribution in [1.82, 2.24) is 9.29 Å². The fraction of sp³-hybridized carbons (Fsp3) is 0.111. The Labute approximate surface area is 169 Å². The highest BCUT2D eigenvalue weighted by molar-refractivity contribution is 7.90. The number of amides is 2. The molecule has 1 aromatic heterocycles. The number of anilines is 1. The maximum atomic E-state index is 12.3. The summed E-state index contributed by atoms with van der Waals surface area (Å²) >= 11 is 6.01. The van der Waals surface area contributed by atoms with E-state index in [0.29, 0.717) is 10.7 Å². The lowest BCUT2D eigenvalue weighted by atomic mass is 10.2. The number of nitrogens with one attached hydrogen (secondary N) is 2. The van der Waals surface area contributed by atoms with Crippen LogP contribution < -0.4 is 10.0 Å². The normalized spacial score (nSPS) is 11.2. The van der Waals surface area contributed by atoms with E-state index in [2.05, 4.69) is 10.1 Å². The molecule has 2 N–H and O–H groups in total. The lowest BCUT2D eigenvalue weighted by molar-refractivity contribution is -0.116. The Morgan fingerprint density at radius 3 is 2.54 bits per heavy atom. The molecule has 28 heavy (non-hydrogen) atoms. The van der Waals surface area contributed by atoms with Gasteiger partial charge in [0.1, 0.15) is 6.54 Å². The molecular weight excluding hydrogens is 406 g/mol. The van der Waals surface area contributed by atoms with Gasteiger partial charge in [0, 0.05) is 25.3 Å². The van der Waals surface area contributed by atoms with Crippen molar-refractivity contribution in [2.24, 2.45) is 0 Å². The highest BCUT2D eigenvalue weighted by Gasteiger charge is 2.18. The van der Waals surface area contributed by atoms with Crippen LogP contribution in [-0.2, 0) is 26.1 Å². The number of hydrogen-bond donors (Lipinski definition) is 2. The van der Waals surface area contributed by atoms with E-state index >= 15 is 0 Å². The SMILES string of the molecule is COC(=O)NS(=O)(=O)c1ccc(NC(=O)Cn2ccc3ccc(Cl)cc32)cc1.[HH].[HH]. The van der Waals surface area contributed by atoms with E-state index in [1.54, 1.807) is 27.6 Å². The Morgan fingerprint density at radius 1 is 1.14 bits per heavy atom. The van der Waals surface area contributed by atoms with Crippen LogP contribution in [0.5, 0.6) is 0 Å². The molecule has 10 heteroatoms. The average molecular weight is 426 g/mol. The van der Waals surface area contributed by atoms with Crippen molar-refractivity contribution in [1.29, 1.82) is 0 Å². The Morgan fingerprint density at radius 2 is 1.86 bits per heavy atom. The second-order valence-corrected chi connectivity index (χ2v) is 7.94. The molecule has 0 aliphatic carbocycles. The zero-order valence-electron chi connectivity index (χ0n) is 14.7. The number of sulfonamides is 1. The van der Waals surface area contributed by atoms with Crippen molar-refractivity contribution >= 4 is 50.2 Å². The van der Waals surface area contributed by atoms with Gasteiger partial charge in [0.25, 0.3) is 10.0 Å². The van der Waals surface area contributed by atoms with Crippen LogP contribution in [0.3, 0.4) is 0 Å². The Hall–Kier alpha value is -3.04. The average Bonchev–Trinajstić information content (AvgIpc) is 3.03. The molecule has 0 saturated heterocycles. The summed E-state index contributed by atoms with van der Waals surface area (Å²) in [6.45, 7) is 0.0633. The molecule has 0 aliphatic rings. The molecule has 3 rings (SSSR count). The van der Waals surface area contributed by atoms with Crippen molar-refractivity contribution in [2.75, 3.05) is 12.4 Å². The minimum absolute atomic E-state index is 0. The van der Waals surface area contributed by atoms with Gasteiger partial charge in [0.05, 0.1) is 12.0 Å². The molecule has 2 amide bonds. The van der Waals surface area contributed by atoms with Crippen LogP contribution in [0, 0.1) is 0 Å². The van der Waals surface area contributed by atoms with Gasteiger partial charge in [-0.15, -0.1) is 0 Å².